The zero-order chi connectivity index (χ0) is 13.3. The summed E-state index contributed by atoms with van der Waals surface area (Å²) in [5.74, 6) is -1.37. The van der Waals surface area contributed by atoms with E-state index in [9.17, 15) is 9.59 Å². The van der Waals surface area contributed by atoms with Crippen molar-refractivity contribution < 1.29 is 14.7 Å². The van der Waals surface area contributed by atoms with Crippen molar-refractivity contribution in [1.82, 2.24) is 5.32 Å². The Morgan fingerprint density at radius 1 is 1.50 bits per heavy atom. The number of hydrogen-bond acceptors (Lipinski definition) is 3. The third-order valence-corrected chi connectivity index (χ3v) is 4.88. The summed E-state index contributed by atoms with van der Waals surface area (Å²) >= 11 is 4.84. The molecule has 6 heteroatoms. The molecule has 1 aromatic rings. The van der Waals surface area contributed by atoms with E-state index in [1.807, 2.05) is 12.1 Å². The molecule has 0 saturated heterocycles. The maximum atomic E-state index is 12.0. The van der Waals surface area contributed by atoms with Crippen molar-refractivity contribution in [2.45, 2.75) is 31.7 Å². The Morgan fingerprint density at radius 3 is 2.61 bits per heavy atom. The fourth-order valence-electron chi connectivity index (χ4n) is 1.78. The number of amides is 1. The minimum absolute atomic E-state index is 0.105. The summed E-state index contributed by atoms with van der Waals surface area (Å²) in [4.78, 5) is 24.0. The molecule has 0 radical (unpaired) electrons. The lowest BCUT2D eigenvalue weighted by atomic mass is 10.1. The van der Waals surface area contributed by atoms with E-state index in [2.05, 4.69) is 21.2 Å². The van der Waals surface area contributed by atoms with E-state index in [4.69, 9.17) is 5.11 Å². The molecule has 1 heterocycles. The summed E-state index contributed by atoms with van der Waals surface area (Å²) in [6, 6.07) is 3.04. The van der Waals surface area contributed by atoms with Gasteiger partial charge in [-0.3, -0.25) is 4.79 Å². The van der Waals surface area contributed by atoms with E-state index in [0.717, 1.165) is 21.5 Å². The molecule has 98 valence electrons. The first-order valence-electron chi connectivity index (χ1n) is 5.77. The van der Waals surface area contributed by atoms with Crippen LogP contribution in [0.5, 0.6) is 0 Å². The van der Waals surface area contributed by atoms with Crippen molar-refractivity contribution in [1.29, 1.82) is 0 Å². The number of rotatable bonds is 5. The summed E-state index contributed by atoms with van der Waals surface area (Å²) in [5.41, 5.74) is 0. The molecule has 1 amide bonds. The standard InChI is InChI=1S/C12H14BrNO3S/c1-6(8-4-5-9(13)18-8)11(15)14-10(12(16)17)7-2-3-7/h4-7,10H,2-3H2,1H3,(H,14,15)(H,16,17). The quantitative estimate of drug-likeness (QED) is 0.871. The predicted octanol–water partition coefficient (Wildman–Crippen LogP) is 2.59. The van der Waals surface area contributed by atoms with Crippen molar-refractivity contribution in [2.24, 2.45) is 5.92 Å². The molecule has 0 spiro atoms. The molecular weight excluding hydrogens is 318 g/mol. The molecule has 0 bridgehead atoms. The van der Waals surface area contributed by atoms with Gasteiger partial charge in [0.2, 0.25) is 5.91 Å². The molecule has 0 aliphatic heterocycles. The molecule has 1 aromatic heterocycles. The lowest BCUT2D eigenvalue weighted by Crippen LogP contribution is -2.43. The zero-order valence-corrected chi connectivity index (χ0v) is 12.3. The van der Waals surface area contributed by atoms with E-state index in [0.29, 0.717) is 0 Å². The van der Waals surface area contributed by atoms with Crippen LogP contribution in [0.4, 0.5) is 0 Å². The SMILES string of the molecule is CC(C(=O)NC(C(=O)O)C1CC1)c1ccc(Br)s1. The highest BCUT2D eigenvalue weighted by Crippen LogP contribution is 2.33. The van der Waals surface area contributed by atoms with Gasteiger partial charge in [-0.25, -0.2) is 4.79 Å². The molecule has 2 N–H and O–H groups in total. The van der Waals surface area contributed by atoms with Gasteiger partial charge in [-0.2, -0.15) is 0 Å². The third-order valence-electron chi connectivity index (χ3n) is 3.07. The van der Waals surface area contributed by atoms with Gasteiger partial charge in [0, 0.05) is 4.88 Å². The fourth-order valence-corrected chi connectivity index (χ4v) is 3.25. The number of thiophene rings is 1. The highest BCUT2D eigenvalue weighted by atomic mass is 79.9. The highest BCUT2D eigenvalue weighted by Gasteiger charge is 2.38. The van der Waals surface area contributed by atoms with E-state index < -0.39 is 12.0 Å². The first-order valence-corrected chi connectivity index (χ1v) is 7.38. The average molecular weight is 332 g/mol. The summed E-state index contributed by atoms with van der Waals surface area (Å²) in [5, 5.41) is 11.7. The van der Waals surface area contributed by atoms with Gasteiger partial charge in [-0.1, -0.05) is 0 Å². The minimum Gasteiger partial charge on any atom is -0.480 e. The Morgan fingerprint density at radius 2 is 2.17 bits per heavy atom. The molecule has 1 aliphatic rings. The van der Waals surface area contributed by atoms with Gasteiger partial charge in [-0.15, -0.1) is 11.3 Å². The van der Waals surface area contributed by atoms with E-state index in [1.165, 1.54) is 11.3 Å². The minimum atomic E-state index is -0.939. The van der Waals surface area contributed by atoms with Gasteiger partial charge in [0.05, 0.1) is 9.70 Å². The summed E-state index contributed by atoms with van der Waals surface area (Å²) in [7, 11) is 0. The first kappa shape index (κ1) is 13.5. The van der Waals surface area contributed by atoms with Crippen LogP contribution in [0.15, 0.2) is 15.9 Å². The van der Waals surface area contributed by atoms with Crippen LogP contribution < -0.4 is 5.32 Å². The number of carboxylic acid groups (broad SMARTS) is 1. The molecule has 18 heavy (non-hydrogen) atoms. The maximum absolute atomic E-state index is 12.0. The number of carboxylic acids is 1. The van der Waals surface area contributed by atoms with Gasteiger partial charge < -0.3 is 10.4 Å². The van der Waals surface area contributed by atoms with Crippen LogP contribution in [-0.2, 0) is 9.59 Å². The van der Waals surface area contributed by atoms with E-state index in [1.54, 1.807) is 6.92 Å². The largest absolute Gasteiger partial charge is 0.480 e. The van der Waals surface area contributed by atoms with Crippen LogP contribution in [0.3, 0.4) is 0 Å². The number of halogens is 1. The van der Waals surface area contributed by atoms with Crippen LogP contribution in [-0.4, -0.2) is 23.0 Å². The maximum Gasteiger partial charge on any atom is 0.326 e. The molecule has 0 aromatic carbocycles. The number of aliphatic carboxylic acids is 1. The third kappa shape index (κ3) is 3.11. The second kappa shape index (κ2) is 5.40. The van der Waals surface area contributed by atoms with E-state index in [-0.39, 0.29) is 17.7 Å². The number of hydrogen-bond donors (Lipinski definition) is 2. The Balaban J connectivity index is 2.00. The Bertz CT molecular complexity index is 470. The lowest BCUT2D eigenvalue weighted by Gasteiger charge is -2.16. The predicted molar refractivity (Wildman–Crippen MR) is 72.7 cm³/mol. The monoisotopic (exact) mass is 331 g/mol. The van der Waals surface area contributed by atoms with Gasteiger partial charge in [0.1, 0.15) is 6.04 Å². The van der Waals surface area contributed by atoms with Gasteiger partial charge in [-0.05, 0) is 53.7 Å². The van der Waals surface area contributed by atoms with Crippen molar-refractivity contribution in [2.75, 3.05) is 0 Å². The van der Waals surface area contributed by atoms with Gasteiger partial charge in [0.15, 0.2) is 0 Å². The van der Waals surface area contributed by atoms with Crippen LogP contribution >= 0.6 is 27.3 Å². The zero-order valence-electron chi connectivity index (χ0n) is 9.85. The van der Waals surface area contributed by atoms with Crippen molar-refractivity contribution in [3.05, 3.63) is 20.8 Å². The molecular formula is C12H14BrNO3S. The first-order chi connectivity index (χ1) is 8.49. The summed E-state index contributed by atoms with van der Waals surface area (Å²) in [6.07, 6.45) is 1.77. The van der Waals surface area contributed by atoms with Crippen LogP contribution in [0, 0.1) is 5.92 Å². The molecule has 1 fully saturated rings. The number of carbonyl (C=O) groups is 2. The molecule has 1 saturated carbocycles. The molecule has 2 unspecified atom stereocenters. The Kier molecular flexibility index (Phi) is 4.07. The number of carbonyl (C=O) groups excluding carboxylic acids is 1. The van der Waals surface area contributed by atoms with E-state index >= 15 is 0 Å². The molecule has 4 nitrogen and oxygen atoms in total. The van der Waals surface area contributed by atoms with Crippen molar-refractivity contribution in [3.63, 3.8) is 0 Å². The smallest absolute Gasteiger partial charge is 0.326 e. The summed E-state index contributed by atoms with van der Waals surface area (Å²) < 4.78 is 0.967. The topological polar surface area (TPSA) is 66.4 Å². The summed E-state index contributed by atoms with van der Waals surface area (Å²) in [6.45, 7) is 1.79. The normalized spacial score (nSPS) is 18.1. The average Bonchev–Trinajstić information content (AvgIpc) is 3.06. The highest BCUT2D eigenvalue weighted by molar-refractivity contribution is 9.11. The van der Waals surface area contributed by atoms with Crippen LogP contribution in [0.2, 0.25) is 0 Å². The van der Waals surface area contributed by atoms with Gasteiger partial charge in [0.25, 0.3) is 0 Å². The molecule has 2 atom stereocenters. The molecule has 1 aliphatic carbocycles. The van der Waals surface area contributed by atoms with Gasteiger partial charge >= 0.3 is 5.97 Å². The van der Waals surface area contributed by atoms with Crippen LogP contribution in [0.25, 0.3) is 0 Å². The second-order valence-electron chi connectivity index (χ2n) is 4.53. The van der Waals surface area contributed by atoms with Crippen molar-refractivity contribution in [3.8, 4) is 0 Å². The molecule has 2 rings (SSSR count). The van der Waals surface area contributed by atoms with Crippen LogP contribution in [0.1, 0.15) is 30.6 Å². The number of nitrogens with one attached hydrogen (secondary N) is 1. The van der Waals surface area contributed by atoms with Crippen molar-refractivity contribution >= 4 is 39.1 Å². The second-order valence-corrected chi connectivity index (χ2v) is 7.02. The Hall–Kier alpha value is -0.880. The Labute approximate surface area is 118 Å². The lowest BCUT2D eigenvalue weighted by molar-refractivity contribution is -0.142. The fraction of sp³-hybridized carbons (Fsp3) is 0.500.